The van der Waals surface area contributed by atoms with Crippen LogP contribution in [-0.4, -0.2) is 12.4 Å². The minimum atomic E-state index is -5.33. The Labute approximate surface area is 151 Å². The molecule has 0 heterocycles. The second kappa shape index (κ2) is 7.23. The molecule has 2 rings (SSSR count). The Morgan fingerprint density at radius 3 is 1.92 bits per heavy atom. The van der Waals surface area contributed by atoms with Gasteiger partial charge in [-0.3, -0.25) is 0 Å². The van der Waals surface area contributed by atoms with Crippen LogP contribution in [0, 0.1) is 28.6 Å². The summed E-state index contributed by atoms with van der Waals surface area (Å²) in [6, 6.07) is 0. The molecular weight excluding hydrogens is 354 g/mol. The molecule has 0 saturated carbocycles. The number of hydrogen-bond donors (Lipinski definition) is 0. The fourth-order valence-corrected chi connectivity index (χ4v) is 4.70. The SMILES string of the molecule is CC1C=CCC(C(C2CC=CC(C)(C)CC2)(C(F)(F)F)C(F)(F)F)CC1. The van der Waals surface area contributed by atoms with Crippen molar-refractivity contribution >= 4 is 0 Å². The van der Waals surface area contributed by atoms with E-state index < -0.39 is 29.6 Å². The van der Waals surface area contributed by atoms with Crippen molar-refractivity contribution < 1.29 is 26.3 Å². The van der Waals surface area contributed by atoms with Crippen LogP contribution >= 0.6 is 0 Å². The quantitative estimate of drug-likeness (QED) is 0.343. The maximum Gasteiger partial charge on any atom is 0.403 e. The van der Waals surface area contributed by atoms with Crippen molar-refractivity contribution in [3.05, 3.63) is 24.3 Å². The number of allylic oxidation sites excluding steroid dienone is 4. The van der Waals surface area contributed by atoms with Gasteiger partial charge in [-0.25, -0.2) is 0 Å². The van der Waals surface area contributed by atoms with Crippen molar-refractivity contribution in [3.8, 4) is 0 Å². The van der Waals surface area contributed by atoms with Gasteiger partial charge in [0.05, 0.1) is 0 Å². The van der Waals surface area contributed by atoms with Crippen LogP contribution in [0.1, 0.15) is 59.3 Å². The Bertz CT molecular complexity index is 523. The standard InChI is InChI=1S/C20H28F6/c1-14-6-4-7-15(10-9-14)18(19(21,22)23,20(24,25)26)16-8-5-12-17(2,3)13-11-16/h4-6,12,14-16H,7-11,13H2,1-3H3. The molecule has 150 valence electrons. The lowest BCUT2D eigenvalue weighted by Gasteiger charge is -2.48. The summed E-state index contributed by atoms with van der Waals surface area (Å²) >= 11 is 0. The van der Waals surface area contributed by atoms with E-state index in [9.17, 15) is 26.3 Å². The van der Waals surface area contributed by atoms with Gasteiger partial charge in [0.2, 0.25) is 0 Å². The normalized spacial score (nSPS) is 30.7. The minimum Gasteiger partial charge on any atom is -0.170 e. The van der Waals surface area contributed by atoms with E-state index in [1.54, 1.807) is 12.2 Å². The first-order chi connectivity index (χ1) is 11.8. The highest BCUT2D eigenvalue weighted by molar-refractivity contribution is 5.10. The van der Waals surface area contributed by atoms with Gasteiger partial charge in [0.1, 0.15) is 0 Å². The third-order valence-electron chi connectivity index (χ3n) is 6.21. The molecule has 0 bridgehead atoms. The molecular formula is C20H28F6. The van der Waals surface area contributed by atoms with E-state index in [0.717, 1.165) is 0 Å². The largest absolute Gasteiger partial charge is 0.403 e. The number of halogens is 6. The summed E-state index contributed by atoms with van der Waals surface area (Å²) in [7, 11) is 0. The molecule has 2 aliphatic carbocycles. The molecule has 0 amide bonds. The van der Waals surface area contributed by atoms with Gasteiger partial charge in [-0.15, -0.1) is 0 Å². The topological polar surface area (TPSA) is 0 Å². The predicted octanol–water partition coefficient (Wildman–Crippen LogP) is 7.47. The molecule has 3 atom stereocenters. The Morgan fingerprint density at radius 1 is 0.808 bits per heavy atom. The monoisotopic (exact) mass is 382 g/mol. The van der Waals surface area contributed by atoms with E-state index >= 15 is 0 Å². The van der Waals surface area contributed by atoms with Crippen LogP contribution in [-0.2, 0) is 0 Å². The molecule has 0 aromatic carbocycles. The van der Waals surface area contributed by atoms with Gasteiger partial charge >= 0.3 is 12.4 Å². The maximum atomic E-state index is 14.2. The first-order valence-corrected chi connectivity index (χ1v) is 9.29. The van der Waals surface area contributed by atoms with Crippen LogP contribution in [0.3, 0.4) is 0 Å². The van der Waals surface area contributed by atoms with Crippen LogP contribution in [0.25, 0.3) is 0 Å². The second-order valence-corrected chi connectivity index (χ2v) is 8.64. The van der Waals surface area contributed by atoms with Crippen molar-refractivity contribution in [3.63, 3.8) is 0 Å². The fraction of sp³-hybridized carbons (Fsp3) is 0.800. The average molecular weight is 382 g/mol. The van der Waals surface area contributed by atoms with Gasteiger partial charge in [0, 0.05) is 0 Å². The summed E-state index contributed by atoms with van der Waals surface area (Å²) in [6.07, 6.45) is -3.92. The Balaban J connectivity index is 2.54. The van der Waals surface area contributed by atoms with Gasteiger partial charge < -0.3 is 0 Å². The molecule has 0 fully saturated rings. The summed E-state index contributed by atoms with van der Waals surface area (Å²) in [5, 5.41) is 0. The first-order valence-electron chi connectivity index (χ1n) is 9.29. The van der Waals surface area contributed by atoms with Gasteiger partial charge in [0.15, 0.2) is 5.41 Å². The zero-order valence-electron chi connectivity index (χ0n) is 15.6. The summed E-state index contributed by atoms with van der Waals surface area (Å²) in [6.45, 7) is 5.54. The van der Waals surface area contributed by atoms with Gasteiger partial charge in [-0.1, -0.05) is 45.1 Å². The molecule has 0 spiro atoms. The van der Waals surface area contributed by atoms with Crippen LogP contribution in [0.2, 0.25) is 0 Å². The molecule has 0 aliphatic heterocycles. The fourth-order valence-electron chi connectivity index (χ4n) is 4.70. The van der Waals surface area contributed by atoms with Crippen molar-refractivity contribution in [1.82, 2.24) is 0 Å². The Kier molecular flexibility index (Phi) is 5.94. The van der Waals surface area contributed by atoms with Crippen molar-refractivity contribution in [2.75, 3.05) is 0 Å². The molecule has 2 aliphatic rings. The lowest BCUT2D eigenvalue weighted by atomic mass is 9.60. The third-order valence-corrected chi connectivity index (χ3v) is 6.21. The van der Waals surface area contributed by atoms with E-state index in [0.29, 0.717) is 12.8 Å². The molecule has 0 aromatic rings. The van der Waals surface area contributed by atoms with Gasteiger partial charge in [0.25, 0.3) is 0 Å². The minimum absolute atomic E-state index is 0.00660. The molecule has 0 aromatic heterocycles. The molecule has 0 nitrogen and oxygen atoms in total. The average Bonchev–Trinajstić information content (AvgIpc) is 2.76. The zero-order valence-corrected chi connectivity index (χ0v) is 15.6. The lowest BCUT2D eigenvalue weighted by molar-refractivity contribution is -0.378. The first kappa shape index (κ1) is 21.4. The molecule has 0 N–H and O–H groups in total. The molecule has 3 unspecified atom stereocenters. The third kappa shape index (κ3) is 3.99. The second-order valence-electron chi connectivity index (χ2n) is 8.64. The summed E-state index contributed by atoms with van der Waals surface area (Å²) < 4.78 is 85.4. The van der Waals surface area contributed by atoms with Crippen LogP contribution in [0.15, 0.2) is 24.3 Å². The summed E-state index contributed by atoms with van der Waals surface area (Å²) in [5.74, 6) is -2.94. The molecule has 26 heavy (non-hydrogen) atoms. The Morgan fingerprint density at radius 2 is 1.35 bits per heavy atom. The summed E-state index contributed by atoms with van der Waals surface area (Å²) in [4.78, 5) is 0. The van der Waals surface area contributed by atoms with Gasteiger partial charge in [-0.05, 0) is 61.7 Å². The highest BCUT2D eigenvalue weighted by Gasteiger charge is 2.75. The summed E-state index contributed by atoms with van der Waals surface area (Å²) in [5.41, 5.74) is -4.03. The molecule has 0 radical (unpaired) electrons. The predicted molar refractivity (Wildman–Crippen MR) is 90.5 cm³/mol. The van der Waals surface area contributed by atoms with E-state index in [-0.39, 0.29) is 37.0 Å². The van der Waals surface area contributed by atoms with Crippen LogP contribution < -0.4 is 0 Å². The number of rotatable bonds is 2. The Hall–Kier alpha value is -0.940. The van der Waals surface area contributed by atoms with Crippen LogP contribution in [0.5, 0.6) is 0 Å². The van der Waals surface area contributed by atoms with E-state index in [1.807, 2.05) is 20.8 Å². The molecule has 0 saturated heterocycles. The van der Waals surface area contributed by atoms with E-state index in [2.05, 4.69) is 0 Å². The van der Waals surface area contributed by atoms with Crippen LogP contribution in [0.4, 0.5) is 26.3 Å². The van der Waals surface area contributed by atoms with Crippen molar-refractivity contribution in [1.29, 1.82) is 0 Å². The van der Waals surface area contributed by atoms with Crippen molar-refractivity contribution in [2.45, 2.75) is 71.6 Å². The molecule has 6 heteroatoms. The van der Waals surface area contributed by atoms with Gasteiger partial charge in [-0.2, -0.15) is 26.3 Å². The maximum absolute atomic E-state index is 14.2. The number of hydrogen-bond acceptors (Lipinski definition) is 0. The van der Waals surface area contributed by atoms with E-state index in [4.69, 9.17) is 0 Å². The zero-order chi connectivity index (χ0) is 19.8. The van der Waals surface area contributed by atoms with E-state index in [1.165, 1.54) is 12.2 Å². The lowest BCUT2D eigenvalue weighted by Crippen LogP contribution is -2.59. The number of alkyl halides is 6. The van der Waals surface area contributed by atoms with Crippen molar-refractivity contribution in [2.24, 2.45) is 28.6 Å². The highest BCUT2D eigenvalue weighted by Crippen LogP contribution is 2.64. The smallest absolute Gasteiger partial charge is 0.170 e. The highest BCUT2D eigenvalue weighted by atomic mass is 19.4.